The van der Waals surface area contributed by atoms with E-state index in [0.29, 0.717) is 0 Å². The summed E-state index contributed by atoms with van der Waals surface area (Å²) in [5.41, 5.74) is 3.10. The molecule has 1 aromatic carbocycles. The Balaban J connectivity index is 2.69. The monoisotopic (exact) mass is 189 g/mol. The van der Waals surface area contributed by atoms with E-state index in [1.54, 1.807) is 0 Å². The van der Waals surface area contributed by atoms with Gasteiger partial charge in [-0.1, -0.05) is 58.4 Å². The van der Waals surface area contributed by atoms with Crippen molar-refractivity contribution in [2.45, 2.75) is 46.0 Å². The lowest BCUT2D eigenvalue weighted by molar-refractivity contribution is 0.590. The van der Waals surface area contributed by atoms with Gasteiger partial charge in [0, 0.05) is 0 Å². The molecule has 1 rings (SSSR count). The molecule has 0 saturated carbocycles. The van der Waals surface area contributed by atoms with E-state index in [1.165, 1.54) is 11.1 Å². The largest absolute Gasteiger partial charge is 0.0651 e. The van der Waals surface area contributed by atoms with Crippen LogP contribution in [0.25, 0.3) is 0 Å². The quantitative estimate of drug-likeness (QED) is 0.670. The molecule has 0 unspecified atom stereocenters. The molecule has 0 aliphatic heterocycles. The second kappa shape index (κ2) is 4.63. The van der Waals surface area contributed by atoms with Crippen LogP contribution < -0.4 is 0 Å². The molecule has 0 bridgehead atoms. The number of unbranched alkanes of at least 4 members (excludes halogenated alkanes) is 1. The zero-order valence-corrected chi connectivity index (χ0v) is 9.80. The maximum absolute atomic E-state index is 2.31. The third kappa shape index (κ3) is 3.17. The lowest BCUT2D eigenvalue weighted by Gasteiger charge is -2.19. The number of hydrogen-bond acceptors (Lipinski definition) is 0. The normalized spacial score (nSPS) is 11.7. The Kier molecular flexibility index (Phi) is 3.74. The molecule has 0 saturated heterocycles. The Morgan fingerprint density at radius 2 is 1.64 bits per heavy atom. The standard InChI is InChI=1S/C14H21/c1-5-6-7-12-8-10-13(11-9-12)14(2,3)4/h6,8-11H,5,7H2,1-4H3. The van der Waals surface area contributed by atoms with Crippen LogP contribution in [0.3, 0.4) is 0 Å². The van der Waals surface area contributed by atoms with E-state index in [4.69, 9.17) is 0 Å². The van der Waals surface area contributed by atoms with E-state index in [0.717, 1.165) is 12.8 Å². The van der Waals surface area contributed by atoms with Crippen LogP contribution in [-0.4, -0.2) is 0 Å². The predicted molar refractivity (Wildman–Crippen MR) is 63.4 cm³/mol. The van der Waals surface area contributed by atoms with Gasteiger partial charge in [-0.15, -0.1) is 0 Å². The summed E-state index contributed by atoms with van der Waals surface area (Å²) in [6.45, 7) is 8.93. The first kappa shape index (κ1) is 11.3. The number of benzene rings is 1. The van der Waals surface area contributed by atoms with Gasteiger partial charge >= 0.3 is 0 Å². The van der Waals surface area contributed by atoms with E-state index in [-0.39, 0.29) is 5.41 Å². The maximum Gasteiger partial charge on any atom is -0.0132 e. The lowest BCUT2D eigenvalue weighted by Crippen LogP contribution is -2.10. The van der Waals surface area contributed by atoms with Crippen molar-refractivity contribution < 1.29 is 0 Å². The van der Waals surface area contributed by atoms with Crippen LogP contribution in [0.4, 0.5) is 0 Å². The fourth-order valence-corrected chi connectivity index (χ4v) is 1.45. The van der Waals surface area contributed by atoms with Gasteiger partial charge in [-0.05, 0) is 29.4 Å². The van der Waals surface area contributed by atoms with Crippen molar-refractivity contribution in [3.05, 3.63) is 41.8 Å². The first-order valence-corrected chi connectivity index (χ1v) is 5.45. The highest BCUT2D eigenvalue weighted by atomic mass is 14.2. The average molecular weight is 189 g/mol. The van der Waals surface area contributed by atoms with Crippen molar-refractivity contribution in [2.75, 3.05) is 0 Å². The summed E-state index contributed by atoms with van der Waals surface area (Å²) < 4.78 is 0. The summed E-state index contributed by atoms with van der Waals surface area (Å²) >= 11 is 0. The second-order valence-corrected chi connectivity index (χ2v) is 4.85. The van der Waals surface area contributed by atoms with Gasteiger partial charge in [0.2, 0.25) is 0 Å². The van der Waals surface area contributed by atoms with Gasteiger partial charge in [-0.25, -0.2) is 0 Å². The van der Waals surface area contributed by atoms with E-state index in [2.05, 4.69) is 58.4 Å². The van der Waals surface area contributed by atoms with Crippen molar-refractivity contribution in [3.8, 4) is 0 Å². The van der Waals surface area contributed by atoms with Crippen LogP contribution in [0.15, 0.2) is 24.3 Å². The molecule has 0 spiro atoms. The van der Waals surface area contributed by atoms with Gasteiger partial charge < -0.3 is 0 Å². The Bertz CT molecular complexity index is 261. The Morgan fingerprint density at radius 1 is 1.07 bits per heavy atom. The van der Waals surface area contributed by atoms with Gasteiger partial charge in [-0.3, -0.25) is 0 Å². The van der Waals surface area contributed by atoms with E-state index in [9.17, 15) is 0 Å². The third-order valence-corrected chi connectivity index (χ3v) is 2.49. The summed E-state index contributed by atoms with van der Waals surface area (Å²) in [6.07, 6.45) is 4.56. The second-order valence-electron chi connectivity index (χ2n) is 4.85. The third-order valence-electron chi connectivity index (χ3n) is 2.49. The molecule has 0 N–H and O–H groups in total. The van der Waals surface area contributed by atoms with Crippen molar-refractivity contribution in [1.29, 1.82) is 0 Å². The van der Waals surface area contributed by atoms with Gasteiger partial charge in [0.05, 0.1) is 0 Å². The molecular weight excluding hydrogens is 168 g/mol. The summed E-state index contributed by atoms with van der Waals surface area (Å²) in [5.74, 6) is 0. The molecule has 0 amide bonds. The Morgan fingerprint density at radius 3 is 2.07 bits per heavy atom. The van der Waals surface area contributed by atoms with Crippen molar-refractivity contribution in [2.24, 2.45) is 0 Å². The molecule has 0 heterocycles. The molecule has 77 valence electrons. The van der Waals surface area contributed by atoms with E-state index in [1.807, 2.05) is 0 Å². The number of hydrogen-bond donors (Lipinski definition) is 0. The van der Waals surface area contributed by atoms with Gasteiger partial charge in [-0.2, -0.15) is 0 Å². The van der Waals surface area contributed by atoms with Gasteiger partial charge in [0.1, 0.15) is 0 Å². The molecule has 0 fully saturated rings. The Hall–Kier alpha value is -0.780. The van der Waals surface area contributed by atoms with Crippen LogP contribution in [-0.2, 0) is 11.8 Å². The average Bonchev–Trinajstić information content (AvgIpc) is 2.14. The molecular formula is C14H21. The summed E-state index contributed by atoms with van der Waals surface area (Å²) in [4.78, 5) is 0. The fourth-order valence-electron chi connectivity index (χ4n) is 1.45. The van der Waals surface area contributed by atoms with Gasteiger partial charge in [0.25, 0.3) is 0 Å². The Labute approximate surface area is 88.4 Å². The van der Waals surface area contributed by atoms with Crippen LogP contribution in [0.1, 0.15) is 45.2 Å². The molecule has 0 heteroatoms. The topological polar surface area (TPSA) is 0 Å². The zero-order valence-electron chi connectivity index (χ0n) is 9.80. The minimum absolute atomic E-state index is 0.271. The summed E-state index contributed by atoms with van der Waals surface area (Å²) in [5, 5.41) is 0. The smallest absolute Gasteiger partial charge is 0.0132 e. The van der Waals surface area contributed by atoms with Crippen molar-refractivity contribution >= 4 is 0 Å². The summed E-state index contributed by atoms with van der Waals surface area (Å²) in [7, 11) is 0. The molecule has 1 aromatic rings. The van der Waals surface area contributed by atoms with Gasteiger partial charge in [0.15, 0.2) is 0 Å². The molecule has 0 aliphatic carbocycles. The van der Waals surface area contributed by atoms with Crippen LogP contribution in [0, 0.1) is 6.42 Å². The molecule has 0 aliphatic rings. The SMILES string of the molecule is CC[CH]Cc1ccc(C(C)(C)C)cc1. The molecule has 14 heavy (non-hydrogen) atoms. The highest BCUT2D eigenvalue weighted by molar-refractivity contribution is 5.28. The van der Waals surface area contributed by atoms with Crippen molar-refractivity contribution in [1.82, 2.24) is 0 Å². The molecule has 0 atom stereocenters. The molecule has 0 nitrogen and oxygen atoms in total. The van der Waals surface area contributed by atoms with Crippen LogP contribution >= 0.6 is 0 Å². The first-order chi connectivity index (χ1) is 6.54. The zero-order chi connectivity index (χ0) is 10.6. The van der Waals surface area contributed by atoms with Crippen molar-refractivity contribution in [3.63, 3.8) is 0 Å². The first-order valence-electron chi connectivity index (χ1n) is 5.45. The highest BCUT2D eigenvalue weighted by Gasteiger charge is 2.12. The summed E-state index contributed by atoms with van der Waals surface area (Å²) in [6, 6.07) is 8.98. The molecule has 1 radical (unpaired) electrons. The predicted octanol–water partition coefficient (Wildman–Crippen LogP) is 4.14. The lowest BCUT2D eigenvalue weighted by atomic mass is 9.86. The minimum Gasteiger partial charge on any atom is -0.0651 e. The fraction of sp³-hybridized carbons (Fsp3) is 0.500. The van der Waals surface area contributed by atoms with E-state index >= 15 is 0 Å². The highest BCUT2D eigenvalue weighted by Crippen LogP contribution is 2.22. The minimum atomic E-state index is 0.271. The van der Waals surface area contributed by atoms with Crippen LogP contribution in [0.5, 0.6) is 0 Å². The number of rotatable bonds is 3. The maximum atomic E-state index is 2.31. The molecule has 0 aromatic heterocycles. The van der Waals surface area contributed by atoms with E-state index < -0.39 is 0 Å². The van der Waals surface area contributed by atoms with Crippen LogP contribution in [0.2, 0.25) is 0 Å².